The van der Waals surface area contributed by atoms with Gasteiger partial charge in [0.05, 0.1) is 5.69 Å². The summed E-state index contributed by atoms with van der Waals surface area (Å²) in [6, 6.07) is 0. The van der Waals surface area contributed by atoms with Gasteiger partial charge in [-0.3, -0.25) is 9.67 Å². The number of guanidine groups is 1. The summed E-state index contributed by atoms with van der Waals surface area (Å²) in [7, 11) is 3.83. The summed E-state index contributed by atoms with van der Waals surface area (Å²) in [6.45, 7) is 8.39. The predicted octanol–water partition coefficient (Wildman–Crippen LogP) is 2.03. The van der Waals surface area contributed by atoms with Gasteiger partial charge in [0.25, 0.3) is 0 Å². The van der Waals surface area contributed by atoms with E-state index >= 15 is 0 Å². The van der Waals surface area contributed by atoms with Crippen molar-refractivity contribution in [1.82, 2.24) is 20.4 Å². The van der Waals surface area contributed by atoms with Crippen molar-refractivity contribution >= 4 is 17.7 Å². The highest BCUT2D eigenvalue weighted by Gasteiger charge is 2.29. The molecule has 2 rings (SSSR count). The van der Waals surface area contributed by atoms with Crippen LogP contribution in [0.25, 0.3) is 0 Å². The van der Waals surface area contributed by atoms with Crippen molar-refractivity contribution < 1.29 is 0 Å². The van der Waals surface area contributed by atoms with Crippen molar-refractivity contribution in [3.63, 3.8) is 0 Å². The molecule has 1 aliphatic rings. The Labute approximate surface area is 138 Å². The first kappa shape index (κ1) is 17.2. The van der Waals surface area contributed by atoms with Crippen molar-refractivity contribution in [3.05, 3.63) is 17.0 Å². The highest BCUT2D eigenvalue weighted by molar-refractivity contribution is 8.00. The van der Waals surface area contributed by atoms with Crippen LogP contribution in [0.4, 0.5) is 0 Å². The Morgan fingerprint density at radius 2 is 2.18 bits per heavy atom. The van der Waals surface area contributed by atoms with Gasteiger partial charge >= 0.3 is 0 Å². The molecule has 1 aromatic rings. The van der Waals surface area contributed by atoms with E-state index in [4.69, 9.17) is 0 Å². The molecule has 1 unspecified atom stereocenters. The Morgan fingerprint density at radius 1 is 1.41 bits per heavy atom. The molecule has 22 heavy (non-hydrogen) atoms. The first-order valence-electron chi connectivity index (χ1n) is 8.03. The van der Waals surface area contributed by atoms with E-state index < -0.39 is 0 Å². The minimum Gasteiger partial charge on any atom is -0.356 e. The van der Waals surface area contributed by atoms with Crippen LogP contribution in [0.2, 0.25) is 0 Å². The second kappa shape index (κ2) is 7.40. The van der Waals surface area contributed by atoms with E-state index in [9.17, 15) is 0 Å². The monoisotopic (exact) mass is 323 g/mol. The van der Waals surface area contributed by atoms with Crippen LogP contribution in [0.15, 0.2) is 4.99 Å². The lowest BCUT2D eigenvalue weighted by Gasteiger charge is -2.24. The normalized spacial score (nSPS) is 22.1. The Bertz CT molecular complexity index is 529. The molecule has 0 bridgehead atoms. The molecule has 0 saturated carbocycles. The third-order valence-electron chi connectivity index (χ3n) is 4.48. The third kappa shape index (κ3) is 4.18. The smallest absolute Gasteiger partial charge is 0.191 e. The lowest BCUT2D eigenvalue weighted by molar-refractivity contribution is 0.584. The summed E-state index contributed by atoms with van der Waals surface area (Å²) in [5.74, 6) is 2.18. The SMILES string of the molecule is CN=C(NCCc1c(C)nn(C)c1C)NCC1(C)CCCS1. The van der Waals surface area contributed by atoms with Crippen LogP contribution in [0.3, 0.4) is 0 Å². The second-order valence-electron chi connectivity index (χ2n) is 6.28. The maximum atomic E-state index is 4.47. The lowest BCUT2D eigenvalue weighted by atomic mass is 10.1. The van der Waals surface area contributed by atoms with Gasteiger partial charge in [-0.05, 0) is 51.3 Å². The number of hydrogen-bond acceptors (Lipinski definition) is 3. The molecule has 0 radical (unpaired) electrons. The van der Waals surface area contributed by atoms with E-state index in [1.165, 1.54) is 29.9 Å². The molecule has 0 aliphatic carbocycles. The average molecular weight is 324 g/mol. The molecule has 2 heterocycles. The minimum absolute atomic E-state index is 0.355. The maximum absolute atomic E-state index is 4.47. The molecule has 1 fully saturated rings. The highest BCUT2D eigenvalue weighted by atomic mass is 32.2. The summed E-state index contributed by atoms with van der Waals surface area (Å²) in [5.41, 5.74) is 3.71. The predicted molar refractivity (Wildman–Crippen MR) is 95.8 cm³/mol. The van der Waals surface area contributed by atoms with Gasteiger partial charge < -0.3 is 10.6 Å². The molecule has 0 amide bonds. The Kier molecular flexibility index (Phi) is 5.78. The first-order chi connectivity index (χ1) is 10.4. The number of nitrogens with zero attached hydrogens (tertiary/aromatic N) is 3. The number of rotatable bonds is 5. The van der Waals surface area contributed by atoms with Crippen LogP contribution in [0.1, 0.15) is 36.7 Å². The molecule has 0 aromatic carbocycles. The zero-order valence-corrected chi connectivity index (χ0v) is 15.3. The van der Waals surface area contributed by atoms with Crippen molar-refractivity contribution in [2.24, 2.45) is 12.0 Å². The largest absolute Gasteiger partial charge is 0.356 e. The summed E-state index contributed by atoms with van der Waals surface area (Å²) < 4.78 is 2.31. The number of thioether (sulfide) groups is 1. The molecule has 1 aromatic heterocycles. The van der Waals surface area contributed by atoms with Crippen LogP contribution >= 0.6 is 11.8 Å². The van der Waals surface area contributed by atoms with Crippen LogP contribution in [-0.4, -0.2) is 46.4 Å². The number of aromatic nitrogens is 2. The van der Waals surface area contributed by atoms with Gasteiger partial charge in [-0.2, -0.15) is 16.9 Å². The fourth-order valence-electron chi connectivity index (χ4n) is 2.95. The van der Waals surface area contributed by atoms with Gasteiger partial charge in [-0.1, -0.05) is 0 Å². The second-order valence-corrected chi connectivity index (χ2v) is 7.96. The van der Waals surface area contributed by atoms with E-state index in [0.29, 0.717) is 4.75 Å². The summed E-state index contributed by atoms with van der Waals surface area (Å²) in [5, 5.41) is 11.4. The van der Waals surface area contributed by atoms with Gasteiger partial charge in [0, 0.05) is 37.6 Å². The van der Waals surface area contributed by atoms with Crippen molar-refractivity contribution in [2.45, 2.75) is 44.8 Å². The molecule has 6 heteroatoms. The number of aliphatic imine (C=N–C) groups is 1. The molecular weight excluding hydrogens is 294 g/mol. The van der Waals surface area contributed by atoms with Crippen molar-refractivity contribution in [3.8, 4) is 0 Å². The van der Waals surface area contributed by atoms with Gasteiger partial charge in [0.15, 0.2) is 5.96 Å². The molecule has 1 aliphatic heterocycles. The van der Waals surface area contributed by atoms with E-state index in [1.807, 2.05) is 18.8 Å². The Morgan fingerprint density at radius 3 is 2.73 bits per heavy atom. The highest BCUT2D eigenvalue weighted by Crippen LogP contribution is 2.36. The zero-order chi connectivity index (χ0) is 16.2. The zero-order valence-electron chi connectivity index (χ0n) is 14.5. The summed E-state index contributed by atoms with van der Waals surface area (Å²) in [4.78, 5) is 4.33. The lowest BCUT2D eigenvalue weighted by Crippen LogP contribution is -2.44. The molecule has 0 spiro atoms. The van der Waals surface area contributed by atoms with Crippen LogP contribution in [-0.2, 0) is 13.5 Å². The molecular formula is C16H29N5S. The molecule has 1 atom stereocenters. The minimum atomic E-state index is 0.355. The van der Waals surface area contributed by atoms with Crippen LogP contribution in [0, 0.1) is 13.8 Å². The van der Waals surface area contributed by atoms with Crippen molar-refractivity contribution in [2.75, 3.05) is 25.9 Å². The number of nitrogens with one attached hydrogen (secondary N) is 2. The average Bonchev–Trinajstić information content (AvgIpc) is 3.01. The van der Waals surface area contributed by atoms with Gasteiger partial charge in [-0.25, -0.2) is 0 Å². The van der Waals surface area contributed by atoms with E-state index in [2.05, 4.69) is 53.3 Å². The van der Waals surface area contributed by atoms with Crippen molar-refractivity contribution in [1.29, 1.82) is 0 Å². The van der Waals surface area contributed by atoms with E-state index in [0.717, 1.165) is 31.2 Å². The van der Waals surface area contributed by atoms with E-state index in [-0.39, 0.29) is 0 Å². The fourth-order valence-corrected chi connectivity index (χ4v) is 4.20. The Hall–Kier alpha value is -1.17. The van der Waals surface area contributed by atoms with Crippen LogP contribution in [0.5, 0.6) is 0 Å². The standard InChI is InChI=1S/C16H29N5S/c1-12-14(13(2)21(5)20-12)7-9-18-15(17-4)19-11-16(3)8-6-10-22-16/h6-11H2,1-5H3,(H2,17,18,19). The topological polar surface area (TPSA) is 54.2 Å². The molecule has 1 saturated heterocycles. The summed E-state index contributed by atoms with van der Waals surface area (Å²) in [6.07, 6.45) is 3.59. The Balaban J connectivity index is 1.79. The van der Waals surface area contributed by atoms with Gasteiger partial charge in [0.1, 0.15) is 0 Å². The summed E-state index contributed by atoms with van der Waals surface area (Å²) >= 11 is 2.07. The molecule has 2 N–H and O–H groups in total. The quantitative estimate of drug-likeness (QED) is 0.643. The number of aryl methyl sites for hydroxylation is 2. The fraction of sp³-hybridized carbons (Fsp3) is 0.750. The number of hydrogen-bond donors (Lipinski definition) is 2. The first-order valence-corrected chi connectivity index (χ1v) is 9.01. The van der Waals surface area contributed by atoms with Gasteiger partial charge in [-0.15, -0.1) is 0 Å². The van der Waals surface area contributed by atoms with Gasteiger partial charge in [0.2, 0.25) is 0 Å². The molecule has 5 nitrogen and oxygen atoms in total. The van der Waals surface area contributed by atoms with E-state index in [1.54, 1.807) is 0 Å². The van der Waals surface area contributed by atoms with Crippen LogP contribution < -0.4 is 10.6 Å². The molecule has 124 valence electrons. The maximum Gasteiger partial charge on any atom is 0.191 e. The third-order valence-corrected chi connectivity index (χ3v) is 6.02.